The molecule has 1 atom stereocenters. The monoisotopic (exact) mass is 275 g/mol. The largest absolute Gasteiger partial charge is 0.320 e. The zero-order valence-electron chi connectivity index (χ0n) is 11.2. The number of nitrogens with zero attached hydrogens (tertiary/aromatic N) is 1. The van der Waals surface area contributed by atoms with Gasteiger partial charge in [0.05, 0.1) is 11.7 Å². The quantitative estimate of drug-likeness (QED) is 0.905. The summed E-state index contributed by atoms with van der Waals surface area (Å²) in [6.45, 7) is 5.69. The second kappa shape index (κ2) is 5.50. The Labute approximate surface area is 116 Å². The minimum atomic E-state index is -0.535. The number of aromatic nitrogens is 1. The van der Waals surface area contributed by atoms with Gasteiger partial charge in [-0.2, -0.15) is 0 Å². The fraction of sp³-hybridized carbons (Fsp3) is 0.286. The first-order valence-electron chi connectivity index (χ1n) is 6.08. The molecule has 0 spiro atoms. The average molecular weight is 275 g/mol. The van der Waals surface area contributed by atoms with E-state index in [1.54, 1.807) is 6.92 Å². The minimum absolute atomic E-state index is 0.218. The molecule has 1 amide bonds. The molecule has 1 aromatic carbocycles. The van der Waals surface area contributed by atoms with Crippen molar-refractivity contribution in [1.29, 1.82) is 0 Å². The van der Waals surface area contributed by atoms with Crippen molar-refractivity contribution in [2.24, 2.45) is 5.73 Å². The predicted molar refractivity (Wildman–Crippen MR) is 79.3 cm³/mol. The molecule has 100 valence electrons. The summed E-state index contributed by atoms with van der Waals surface area (Å²) < 4.78 is 0. The number of aryl methyl sites for hydroxylation is 2. The van der Waals surface area contributed by atoms with Crippen molar-refractivity contribution in [2.75, 3.05) is 5.32 Å². The summed E-state index contributed by atoms with van der Waals surface area (Å²) in [7, 11) is 0. The van der Waals surface area contributed by atoms with Gasteiger partial charge in [0.1, 0.15) is 0 Å². The zero-order chi connectivity index (χ0) is 14.0. The molecule has 2 rings (SSSR count). The molecule has 0 fully saturated rings. The van der Waals surface area contributed by atoms with Gasteiger partial charge in [0.2, 0.25) is 5.91 Å². The SMILES string of the molecule is Cc1ccc(-c2nc(NC(=O)[C@@H](C)N)sc2C)cc1. The number of hydrogen-bond donors (Lipinski definition) is 2. The highest BCUT2D eigenvalue weighted by Crippen LogP contribution is 2.30. The Morgan fingerprint density at radius 3 is 2.53 bits per heavy atom. The van der Waals surface area contributed by atoms with Crippen molar-refractivity contribution in [3.8, 4) is 11.3 Å². The van der Waals surface area contributed by atoms with Crippen molar-refractivity contribution < 1.29 is 4.79 Å². The van der Waals surface area contributed by atoms with E-state index in [4.69, 9.17) is 5.73 Å². The number of amides is 1. The molecule has 0 bridgehead atoms. The van der Waals surface area contributed by atoms with E-state index in [-0.39, 0.29) is 5.91 Å². The Kier molecular flexibility index (Phi) is 3.97. The fourth-order valence-corrected chi connectivity index (χ4v) is 2.49. The number of hydrogen-bond acceptors (Lipinski definition) is 4. The summed E-state index contributed by atoms with van der Waals surface area (Å²) in [5.74, 6) is -0.218. The summed E-state index contributed by atoms with van der Waals surface area (Å²) in [6.07, 6.45) is 0. The van der Waals surface area contributed by atoms with E-state index >= 15 is 0 Å². The number of nitrogens with two attached hydrogens (primary N) is 1. The van der Waals surface area contributed by atoms with E-state index in [0.29, 0.717) is 5.13 Å². The number of thiazole rings is 1. The number of rotatable bonds is 3. The third kappa shape index (κ3) is 3.19. The van der Waals surface area contributed by atoms with Crippen molar-refractivity contribution in [3.63, 3.8) is 0 Å². The first kappa shape index (κ1) is 13.7. The van der Waals surface area contributed by atoms with E-state index in [1.165, 1.54) is 16.9 Å². The van der Waals surface area contributed by atoms with Crippen LogP contribution in [0.4, 0.5) is 5.13 Å². The molecule has 5 heteroatoms. The first-order chi connectivity index (χ1) is 8.97. The van der Waals surface area contributed by atoms with Gasteiger partial charge in [-0.15, -0.1) is 11.3 Å². The summed E-state index contributed by atoms with van der Waals surface area (Å²) in [6, 6.07) is 7.64. The molecular formula is C14H17N3OS. The lowest BCUT2D eigenvalue weighted by Crippen LogP contribution is -2.32. The molecule has 0 aliphatic carbocycles. The number of carbonyl (C=O) groups is 1. The Bertz CT molecular complexity index is 587. The van der Waals surface area contributed by atoms with Crippen LogP contribution in [-0.4, -0.2) is 16.9 Å². The Hall–Kier alpha value is -1.72. The predicted octanol–water partition coefficient (Wildman–Crippen LogP) is 2.71. The lowest BCUT2D eigenvalue weighted by molar-refractivity contribution is -0.117. The zero-order valence-corrected chi connectivity index (χ0v) is 12.0. The Balaban J connectivity index is 2.26. The number of carbonyl (C=O) groups excluding carboxylic acids is 1. The standard InChI is InChI=1S/C14H17N3OS/c1-8-4-6-11(7-5-8)12-10(3)19-14(16-12)17-13(18)9(2)15/h4-7,9H,15H2,1-3H3,(H,16,17,18)/t9-/m1/s1. The molecule has 0 aliphatic rings. The molecule has 1 aromatic heterocycles. The van der Waals surface area contributed by atoms with Crippen molar-refractivity contribution in [1.82, 2.24) is 4.98 Å². The van der Waals surface area contributed by atoms with Gasteiger partial charge in [0, 0.05) is 10.4 Å². The molecular weight excluding hydrogens is 258 g/mol. The minimum Gasteiger partial charge on any atom is -0.320 e. The van der Waals surface area contributed by atoms with Crippen LogP contribution in [-0.2, 0) is 4.79 Å². The summed E-state index contributed by atoms with van der Waals surface area (Å²) >= 11 is 1.46. The Morgan fingerprint density at radius 2 is 1.95 bits per heavy atom. The van der Waals surface area contributed by atoms with Crippen LogP contribution >= 0.6 is 11.3 Å². The second-order valence-corrected chi connectivity index (χ2v) is 5.77. The van der Waals surface area contributed by atoms with E-state index in [1.807, 2.05) is 38.1 Å². The average Bonchev–Trinajstić information content (AvgIpc) is 2.71. The van der Waals surface area contributed by atoms with Crippen molar-refractivity contribution in [3.05, 3.63) is 34.7 Å². The molecule has 2 aromatic rings. The smallest absolute Gasteiger partial charge is 0.242 e. The number of benzene rings is 1. The summed E-state index contributed by atoms with van der Waals surface area (Å²) in [5, 5.41) is 3.32. The topological polar surface area (TPSA) is 68.0 Å². The third-order valence-corrected chi connectivity index (χ3v) is 3.65. The molecule has 1 heterocycles. The number of anilines is 1. The molecule has 19 heavy (non-hydrogen) atoms. The van der Waals surface area contributed by atoms with Gasteiger partial charge in [0.15, 0.2) is 5.13 Å². The highest BCUT2D eigenvalue weighted by atomic mass is 32.1. The van der Waals surface area contributed by atoms with Gasteiger partial charge in [-0.05, 0) is 20.8 Å². The van der Waals surface area contributed by atoms with Crippen LogP contribution < -0.4 is 11.1 Å². The van der Waals surface area contributed by atoms with Crippen LogP contribution in [0.15, 0.2) is 24.3 Å². The molecule has 0 saturated carbocycles. The second-order valence-electron chi connectivity index (χ2n) is 4.57. The Morgan fingerprint density at radius 1 is 1.32 bits per heavy atom. The van der Waals surface area contributed by atoms with Gasteiger partial charge in [-0.25, -0.2) is 4.98 Å². The van der Waals surface area contributed by atoms with Crippen LogP contribution in [0.2, 0.25) is 0 Å². The van der Waals surface area contributed by atoms with E-state index in [2.05, 4.69) is 10.3 Å². The van der Waals surface area contributed by atoms with Gasteiger partial charge < -0.3 is 11.1 Å². The van der Waals surface area contributed by atoms with Gasteiger partial charge in [-0.1, -0.05) is 29.8 Å². The van der Waals surface area contributed by atoms with Gasteiger partial charge in [0.25, 0.3) is 0 Å². The van der Waals surface area contributed by atoms with Crippen LogP contribution in [0, 0.1) is 13.8 Å². The van der Waals surface area contributed by atoms with E-state index < -0.39 is 6.04 Å². The van der Waals surface area contributed by atoms with E-state index in [0.717, 1.165) is 16.1 Å². The highest BCUT2D eigenvalue weighted by molar-refractivity contribution is 7.16. The van der Waals surface area contributed by atoms with Crippen LogP contribution in [0.1, 0.15) is 17.4 Å². The van der Waals surface area contributed by atoms with Gasteiger partial charge >= 0.3 is 0 Å². The lowest BCUT2D eigenvalue weighted by atomic mass is 10.1. The number of nitrogens with one attached hydrogen (secondary N) is 1. The van der Waals surface area contributed by atoms with Crippen molar-refractivity contribution >= 4 is 22.4 Å². The molecule has 0 radical (unpaired) electrons. The van der Waals surface area contributed by atoms with Crippen LogP contribution in [0.25, 0.3) is 11.3 Å². The van der Waals surface area contributed by atoms with Crippen LogP contribution in [0.3, 0.4) is 0 Å². The fourth-order valence-electron chi connectivity index (χ4n) is 1.65. The summed E-state index contributed by atoms with van der Waals surface area (Å²) in [5.41, 5.74) is 8.70. The van der Waals surface area contributed by atoms with E-state index in [9.17, 15) is 4.79 Å². The maximum Gasteiger partial charge on any atom is 0.242 e. The lowest BCUT2D eigenvalue weighted by Gasteiger charge is -2.03. The maximum absolute atomic E-state index is 11.5. The molecule has 0 unspecified atom stereocenters. The normalized spacial score (nSPS) is 12.2. The van der Waals surface area contributed by atoms with Crippen LogP contribution in [0.5, 0.6) is 0 Å². The van der Waals surface area contributed by atoms with Crippen molar-refractivity contribution in [2.45, 2.75) is 26.8 Å². The maximum atomic E-state index is 11.5. The third-order valence-electron chi connectivity index (χ3n) is 2.77. The molecule has 0 aliphatic heterocycles. The highest BCUT2D eigenvalue weighted by Gasteiger charge is 2.13. The molecule has 3 N–H and O–H groups in total. The molecule has 0 saturated heterocycles. The summed E-state index contributed by atoms with van der Waals surface area (Å²) in [4.78, 5) is 17.1. The first-order valence-corrected chi connectivity index (χ1v) is 6.90. The van der Waals surface area contributed by atoms with Gasteiger partial charge in [-0.3, -0.25) is 4.79 Å². The molecule has 4 nitrogen and oxygen atoms in total.